The number of para-hydroxylation sites is 1. The van der Waals surface area contributed by atoms with Crippen LogP contribution >= 0.6 is 0 Å². The van der Waals surface area contributed by atoms with Gasteiger partial charge in [0, 0.05) is 36.1 Å². The van der Waals surface area contributed by atoms with Crippen molar-refractivity contribution in [2.75, 3.05) is 18.5 Å². The number of fused-ring (bicyclic) bond motifs is 2. The summed E-state index contributed by atoms with van der Waals surface area (Å²) in [6, 6.07) is 59.0. The lowest BCUT2D eigenvalue weighted by molar-refractivity contribution is 1.07. The number of aliphatic imine (C=N–C) groups is 1. The van der Waals surface area contributed by atoms with E-state index in [0.29, 0.717) is 0 Å². The molecule has 0 aliphatic carbocycles. The first kappa shape index (κ1) is 31.0. The molecule has 0 N–H and O–H groups in total. The van der Waals surface area contributed by atoms with E-state index in [2.05, 4.69) is 193 Å². The highest BCUT2D eigenvalue weighted by Gasteiger charge is 2.16. The van der Waals surface area contributed by atoms with Gasteiger partial charge in [0.2, 0.25) is 0 Å². The Morgan fingerprint density at radius 1 is 0.500 bits per heavy atom. The normalized spacial score (nSPS) is 14.3. The fraction of sp³-hybridized carbons (Fsp3) is 0.0625. The van der Waals surface area contributed by atoms with Crippen LogP contribution in [0.4, 0.5) is 11.4 Å². The number of rotatable bonds is 6. The third-order valence-corrected chi connectivity index (χ3v) is 9.67. The van der Waals surface area contributed by atoms with Crippen molar-refractivity contribution in [1.29, 1.82) is 0 Å². The van der Waals surface area contributed by atoms with Crippen molar-refractivity contribution in [3.05, 3.63) is 205 Å². The van der Waals surface area contributed by atoms with E-state index in [1.807, 2.05) is 7.05 Å². The van der Waals surface area contributed by atoms with Crippen LogP contribution in [0.2, 0.25) is 0 Å². The van der Waals surface area contributed by atoms with Gasteiger partial charge < -0.3 is 4.90 Å². The average molecular weight is 643 g/mol. The van der Waals surface area contributed by atoms with E-state index in [-0.39, 0.29) is 0 Å². The molecule has 0 saturated carbocycles. The molecule has 2 heteroatoms. The van der Waals surface area contributed by atoms with E-state index in [9.17, 15) is 0 Å². The van der Waals surface area contributed by atoms with E-state index < -0.39 is 0 Å². The van der Waals surface area contributed by atoms with Crippen molar-refractivity contribution < 1.29 is 0 Å². The Kier molecular flexibility index (Phi) is 8.74. The highest BCUT2D eigenvalue weighted by atomic mass is 15.1. The molecule has 50 heavy (non-hydrogen) atoms. The third kappa shape index (κ3) is 6.08. The maximum Gasteiger partial charge on any atom is 0.0721 e. The highest BCUT2D eigenvalue weighted by molar-refractivity contribution is 6.16. The van der Waals surface area contributed by atoms with Crippen molar-refractivity contribution >= 4 is 27.9 Å². The number of nitrogens with zero attached hydrogens (tertiary/aromatic N) is 2. The van der Waals surface area contributed by atoms with E-state index in [0.717, 1.165) is 29.8 Å². The monoisotopic (exact) mass is 642 g/mol. The molecule has 1 aliphatic heterocycles. The molecule has 8 rings (SSSR count). The zero-order chi connectivity index (χ0) is 33.7. The number of anilines is 2. The predicted octanol–water partition coefficient (Wildman–Crippen LogP) is 12.1. The van der Waals surface area contributed by atoms with Gasteiger partial charge in [-0.15, -0.1) is 0 Å². The maximum absolute atomic E-state index is 4.78. The summed E-state index contributed by atoms with van der Waals surface area (Å²) in [5.41, 5.74) is 14.2. The van der Waals surface area contributed by atoms with Crippen LogP contribution in [0.15, 0.2) is 193 Å². The molecule has 7 aromatic rings. The van der Waals surface area contributed by atoms with Gasteiger partial charge in [0.05, 0.1) is 5.71 Å². The molecule has 2 nitrogen and oxygen atoms in total. The van der Waals surface area contributed by atoms with E-state index in [1.54, 1.807) is 0 Å². The average Bonchev–Trinajstić information content (AvgIpc) is 3.29. The molecule has 0 fully saturated rings. The molecule has 0 radical (unpaired) electrons. The van der Waals surface area contributed by atoms with Crippen molar-refractivity contribution in [3.8, 4) is 33.4 Å². The summed E-state index contributed by atoms with van der Waals surface area (Å²) in [4.78, 5) is 7.18. The van der Waals surface area contributed by atoms with Crippen LogP contribution in [-0.2, 0) is 6.42 Å². The van der Waals surface area contributed by atoms with Gasteiger partial charge in [-0.1, -0.05) is 170 Å². The predicted molar refractivity (Wildman–Crippen MR) is 214 cm³/mol. The van der Waals surface area contributed by atoms with Gasteiger partial charge in [-0.05, 0) is 74.3 Å². The van der Waals surface area contributed by atoms with Gasteiger partial charge in [-0.2, -0.15) is 0 Å². The molecule has 7 aromatic carbocycles. The first-order chi connectivity index (χ1) is 24.8. The molecule has 240 valence electrons. The summed E-state index contributed by atoms with van der Waals surface area (Å²) in [7, 11) is 1.88. The Hall–Kier alpha value is -6.25. The second kappa shape index (κ2) is 14.1. The minimum Gasteiger partial charge on any atom is -0.337 e. The van der Waals surface area contributed by atoms with Crippen LogP contribution in [0.5, 0.6) is 0 Å². The van der Waals surface area contributed by atoms with Gasteiger partial charge in [0.1, 0.15) is 0 Å². The standard InChI is InChI=1S/C48H38N2/c1-49-48(46-22-12-9-19-41(46)35-15-6-4-7-16-35)39-26-24-36(25-27-39)42-32-33-43(45-21-11-10-20-44(42)45)37-28-30-40(31-29-37)50-34-14-3-2-5-17-38-18-8-13-23-47(38)50/h2-16,18-33H,17,34H2,1H3/b5-2-,14-3-,49-48?. The quantitative estimate of drug-likeness (QED) is 0.165. The summed E-state index contributed by atoms with van der Waals surface area (Å²) in [6.45, 7) is 0.822. The van der Waals surface area contributed by atoms with Crippen LogP contribution < -0.4 is 4.90 Å². The lowest BCUT2D eigenvalue weighted by Crippen LogP contribution is -2.18. The zero-order valence-electron chi connectivity index (χ0n) is 28.2. The second-order valence-electron chi connectivity index (χ2n) is 12.6. The zero-order valence-corrected chi connectivity index (χ0v) is 28.2. The minimum atomic E-state index is 0.822. The molecule has 1 heterocycles. The number of hydrogen-bond acceptors (Lipinski definition) is 2. The summed E-state index contributed by atoms with van der Waals surface area (Å²) < 4.78 is 0. The lowest BCUT2D eigenvalue weighted by Gasteiger charge is -2.26. The van der Waals surface area contributed by atoms with E-state index in [1.165, 1.54) is 61.1 Å². The van der Waals surface area contributed by atoms with Crippen LogP contribution in [0.3, 0.4) is 0 Å². The number of allylic oxidation sites excluding steroid dienone is 3. The van der Waals surface area contributed by atoms with Crippen LogP contribution in [0.25, 0.3) is 44.2 Å². The maximum atomic E-state index is 4.78. The summed E-state index contributed by atoms with van der Waals surface area (Å²) >= 11 is 0. The lowest BCUT2D eigenvalue weighted by atomic mass is 9.90. The third-order valence-electron chi connectivity index (χ3n) is 9.67. The van der Waals surface area contributed by atoms with E-state index >= 15 is 0 Å². The Morgan fingerprint density at radius 2 is 1.08 bits per heavy atom. The summed E-state index contributed by atoms with van der Waals surface area (Å²) in [5, 5.41) is 2.49. The SMILES string of the molecule is CN=C(c1ccc(-c2ccc(-c3ccc(N4C/C=C\C=C/Cc5ccccc54)cc3)c3ccccc23)cc1)c1ccccc1-c1ccccc1. The molecular formula is C48H38N2. The number of benzene rings is 7. The molecule has 0 amide bonds. The smallest absolute Gasteiger partial charge is 0.0721 e. The van der Waals surface area contributed by atoms with Crippen molar-refractivity contribution in [3.63, 3.8) is 0 Å². The fourth-order valence-electron chi connectivity index (χ4n) is 7.20. The molecule has 0 unspecified atom stereocenters. The molecule has 0 saturated heterocycles. The minimum absolute atomic E-state index is 0.822. The second-order valence-corrected chi connectivity index (χ2v) is 12.6. The van der Waals surface area contributed by atoms with Gasteiger partial charge in [0.15, 0.2) is 0 Å². The highest BCUT2D eigenvalue weighted by Crippen LogP contribution is 2.38. The molecule has 0 atom stereocenters. The molecule has 0 spiro atoms. The van der Waals surface area contributed by atoms with Gasteiger partial charge >= 0.3 is 0 Å². The topological polar surface area (TPSA) is 15.6 Å². The van der Waals surface area contributed by atoms with Crippen LogP contribution in [0, 0.1) is 0 Å². The Morgan fingerprint density at radius 3 is 1.80 bits per heavy atom. The van der Waals surface area contributed by atoms with Gasteiger partial charge in [-0.3, -0.25) is 4.99 Å². The summed E-state index contributed by atoms with van der Waals surface area (Å²) in [5.74, 6) is 0. The van der Waals surface area contributed by atoms with Crippen LogP contribution in [-0.4, -0.2) is 19.3 Å². The van der Waals surface area contributed by atoms with Crippen molar-refractivity contribution in [2.45, 2.75) is 6.42 Å². The molecule has 0 bridgehead atoms. The molecular weight excluding hydrogens is 605 g/mol. The Bertz CT molecular complexity index is 2360. The number of hydrogen-bond donors (Lipinski definition) is 0. The van der Waals surface area contributed by atoms with Crippen molar-refractivity contribution in [1.82, 2.24) is 0 Å². The Balaban J connectivity index is 1.11. The van der Waals surface area contributed by atoms with E-state index in [4.69, 9.17) is 4.99 Å². The Labute approximate surface area is 295 Å². The largest absolute Gasteiger partial charge is 0.337 e. The summed E-state index contributed by atoms with van der Waals surface area (Å²) in [6.07, 6.45) is 9.68. The first-order valence-corrected chi connectivity index (χ1v) is 17.3. The van der Waals surface area contributed by atoms with Gasteiger partial charge in [0.25, 0.3) is 0 Å². The van der Waals surface area contributed by atoms with Crippen molar-refractivity contribution in [2.24, 2.45) is 4.99 Å². The van der Waals surface area contributed by atoms with Gasteiger partial charge in [-0.25, -0.2) is 0 Å². The fourth-order valence-corrected chi connectivity index (χ4v) is 7.20. The molecule has 0 aromatic heterocycles. The molecule has 1 aliphatic rings. The van der Waals surface area contributed by atoms with Crippen LogP contribution in [0.1, 0.15) is 16.7 Å². The first-order valence-electron chi connectivity index (χ1n) is 17.3.